The van der Waals surface area contributed by atoms with Gasteiger partial charge in [0.25, 0.3) is 0 Å². The fourth-order valence-corrected chi connectivity index (χ4v) is 4.35. The molecule has 0 saturated carbocycles. The number of pyridine rings is 1. The Morgan fingerprint density at radius 3 is 2.41 bits per heavy atom. The predicted molar refractivity (Wildman–Crippen MR) is 123 cm³/mol. The Hall–Kier alpha value is -3.53. The maximum Gasteiger partial charge on any atom is 0.434 e. The van der Waals surface area contributed by atoms with Gasteiger partial charge in [0.05, 0.1) is 12.7 Å². The van der Waals surface area contributed by atoms with Crippen molar-refractivity contribution >= 4 is 28.7 Å². The highest BCUT2D eigenvalue weighted by Crippen LogP contribution is 2.44. The van der Waals surface area contributed by atoms with Crippen LogP contribution in [0.15, 0.2) is 42.6 Å². The summed E-state index contributed by atoms with van der Waals surface area (Å²) in [5.74, 6) is -4.47. The smallest absolute Gasteiger partial charge is 0.434 e. The average Bonchev–Trinajstić information content (AvgIpc) is 3.34. The molecule has 1 aliphatic carbocycles. The lowest BCUT2D eigenvalue weighted by atomic mass is 9.96. The van der Waals surface area contributed by atoms with E-state index in [1.165, 1.54) is 12.1 Å². The van der Waals surface area contributed by atoms with Gasteiger partial charge in [0.2, 0.25) is 0 Å². The van der Waals surface area contributed by atoms with Crippen LogP contribution in [0.3, 0.4) is 0 Å². The number of esters is 1. The largest absolute Gasteiger partial charge is 0.488 e. The van der Waals surface area contributed by atoms with Crippen LogP contribution in [0, 0.1) is 17.5 Å². The number of hydrogen-bond acceptors (Lipinski definition) is 4. The molecular weight excluding hydrogens is 524 g/mol. The predicted octanol–water partition coefficient (Wildman–Crippen LogP) is 7.63. The molecule has 0 aliphatic heterocycles. The number of alkyl halides is 3. The third kappa shape index (κ3) is 5.58. The molecular formula is C26H18ClF6NO3. The Morgan fingerprint density at radius 1 is 1.00 bits per heavy atom. The van der Waals surface area contributed by atoms with E-state index >= 15 is 0 Å². The van der Waals surface area contributed by atoms with Crippen molar-refractivity contribution in [2.45, 2.75) is 32.0 Å². The zero-order chi connectivity index (χ0) is 26.9. The van der Waals surface area contributed by atoms with Gasteiger partial charge in [0, 0.05) is 28.4 Å². The van der Waals surface area contributed by atoms with Gasteiger partial charge in [-0.25, -0.2) is 18.0 Å². The Bertz CT molecular complexity index is 1400. The minimum Gasteiger partial charge on any atom is -0.488 e. The molecule has 1 heterocycles. The Kier molecular flexibility index (Phi) is 7.49. The molecule has 11 heteroatoms. The van der Waals surface area contributed by atoms with E-state index in [2.05, 4.69) is 9.72 Å². The molecule has 0 amide bonds. The van der Waals surface area contributed by atoms with Gasteiger partial charge in [-0.2, -0.15) is 13.2 Å². The summed E-state index contributed by atoms with van der Waals surface area (Å²) in [7, 11) is 0.973. The van der Waals surface area contributed by atoms with Crippen molar-refractivity contribution in [3.63, 3.8) is 0 Å². The van der Waals surface area contributed by atoms with Gasteiger partial charge in [0.15, 0.2) is 17.3 Å². The second kappa shape index (κ2) is 10.5. The molecule has 0 unspecified atom stereocenters. The molecule has 0 bridgehead atoms. The van der Waals surface area contributed by atoms with E-state index in [1.807, 2.05) is 0 Å². The second-order valence-corrected chi connectivity index (χ2v) is 8.64. The molecule has 4 rings (SSSR count). The number of allylic oxidation sites excluding steroid dienone is 2. The van der Waals surface area contributed by atoms with Crippen molar-refractivity contribution in [2.75, 3.05) is 7.11 Å². The highest BCUT2D eigenvalue weighted by Gasteiger charge is 2.38. The van der Waals surface area contributed by atoms with Gasteiger partial charge in [-0.15, -0.1) is 0 Å². The Labute approximate surface area is 212 Å². The average molecular weight is 542 g/mol. The number of rotatable bonds is 6. The Morgan fingerprint density at radius 2 is 1.70 bits per heavy atom. The van der Waals surface area contributed by atoms with Crippen molar-refractivity contribution in [1.82, 2.24) is 4.98 Å². The molecule has 1 aliphatic rings. The van der Waals surface area contributed by atoms with Crippen molar-refractivity contribution in [3.05, 3.63) is 93.0 Å². The second-order valence-electron chi connectivity index (χ2n) is 8.21. The summed E-state index contributed by atoms with van der Waals surface area (Å²) in [5, 5.41) is 0.334. The van der Waals surface area contributed by atoms with Gasteiger partial charge >= 0.3 is 12.1 Å². The molecule has 0 spiro atoms. The van der Waals surface area contributed by atoms with Crippen molar-refractivity contribution in [2.24, 2.45) is 0 Å². The molecule has 3 aromatic rings. The first-order valence-corrected chi connectivity index (χ1v) is 11.3. The van der Waals surface area contributed by atoms with Crippen LogP contribution in [0.25, 0.3) is 11.1 Å². The lowest BCUT2D eigenvalue weighted by Crippen LogP contribution is -2.17. The van der Waals surface area contributed by atoms with Crippen LogP contribution < -0.4 is 4.74 Å². The lowest BCUT2D eigenvalue weighted by Gasteiger charge is -2.16. The first-order chi connectivity index (χ1) is 17.5. The number of carbonyl (C=O) groups excluding carboxylic acids is 1. The molecule has 2 aromatic carbocycles. The van der Waals surface area contributed by atoms with E-state index < -0.39 is 47.5 Å². The summed E-state index contributed by atoms with van der Waals surface area (Å²) in [5.41, 5.74) is -0.208. The first kappa shape index (κ1) is 26.5. The number of halogens is 7. The number of methoxy groups -OCH3 is 1. The molecule has 0 fully saturated rings. The molecule has 0 N–H and O–H groups in total. The van der Waals surface area contributed by atoms with Crippen LogP contribution in [0.2, 0.25) is 5.02 Å². The topological polar surface area (TPSA) is 48.4 Å². The summed E-state index contributed by atoms with van der Waals surface area (Å²) in [6.45, 7) is -0.422. The zero-order valence-electron chi connectivity index (χ0n) is 19.2. The SMILES string of the molecule is COC(=O)c1cc(C2=C(c3cc(Cl)ccc3OCc3cc(F)c(F)cc3F)CCC2)cnc1C(F)(F)F. The molecule has 4 nitrogen and oxygen atoms in total. The molecule has 0 atom stereocenters. The van der Waals surface area contributed by atoms with E-state index in [0.29, 0.717) is 58.7 Å². The van der Waals surface area contributed by atoms with Gasteiger partial charge in [-0.3, -0.25) is 4.98 Å². The fraction of sp³-hybridized carbons (Fsp3) is 0.231. The summed E-state index contributed by atoms with van der Waals surface area (Å²) < 4.78 is 91.4. The highest BCUT2D eigenvalue weighted by molar-refractivity contribution is 6.30. The number of aromatic nitrogens is 1. The van der Waals surface area contributed by atoms with E-state index in [0.717, 1.165) is 19.4 Å². The van der Waals surface area contributed by atoms with E-state index in [1.54, 1.807) is 6.07 Å². The third-order valence-electron chi connectivity index (χ3n) is 5.87. The van der Waals surface area contributed by atoms with Crippen LogP contribution >= 0.6 is 11.6 Å². The molecule has 0 saturated heterocycles. The van der Waals surface area contributed by atoms with Crippen LogP contribution in [0.4, 0.5) is 26.3 Å². The van der Waals surface area contributed by atoms with Crippen LogP contribution in [-0.2, 0) is 17.5 Å². The van der Waals surface area contributed by atoms with E-state index in [-0.39, 0.29) is 11.3 Å². The lowest BCUT2D eigenvalue weighted by molar-refractivity contribution is -0.141. The zero-order valence-corrected chi connectivity index (χ0v) is 19.9. The minimum atomic E-state index is -4.86. The highest BCUT2D eigenvalue weighted by atomic mass is 35.5. The number of nitrogens with zero attached hydrogens (tertiary/aromatic N) is 1. The molecule has 37 heavy (non-hydrogen) atoms. The number of carbonyl (C=O) groups is 1. The minimum absolute atomic E-state index is 0.213. The van der Waals surface area contributed by atoms with Crippen molar-refractivity contribution in [1.29, 1.82) is 0 Å². The molecule has 0 radical (unpaired) electrons. The van der Waals surface area contributed by atoms with Gasteiger partial charge in [0.1, 0.15) is 18.2 Å². The van der Waals surface area contributed by atoms with Gasteiger partial charge in [-0.1, -0.05) is 11.6 Å². The normalized spacial score (nSPS) is 13.7. The third-order valence-corrected chi connectivity index (χ3v) is 6.10. The standard InChI is InChI=1S/C26H18ClF6NO3/c1-36-25(35)19-7-13(11-34-24(19)26(31,32)33)16-3-2-4-17(16)18-9-15(27)5-6-23(18)37-12-14-8-21(29)22(30)10-20(14)28/h5-11H,2-4,12H2,1H3. The summed E-state index contributed by atoms with van der Waals surface area (Å²) in [6.07, 6.45) is -2.22. The first-order valence-electron chi connectivity index (χ1n) is 10.9. The van der Waals surface area contributed by atoms with Gasteiger partial charge in [-0.05, 0) is 66.3 Å². The molecule has 194 valence electrons. The van der Waals surface area contributed by atoms with Crippen molar-refractivity contribution < 1.29 is 40.6 Å². The number of benzene rings is 2. The summed E-state index contributed by atoms with van der Waals surface area (Å²) >= 11 is 6.20. The van der Waals surface area contributed by atoms with Gasteiger partial charge < -0.3 is 9.47 Å². The van der Waals surface area contributed by atoms with E-state index in [9.17, 15) is 31.1 Å². The summed E-state index contributed by atoms with van der Waals surface area (Å²) in [6, 6.07) is 6.82. The fourth-order valence-electron chi connectivity index (χ4n) is 4.17. The number of ether oxygens (including phenoxy) is 2. The molecule has 1 aromatic heterocycles. The van der Waals surface area contributed by atoms with Crippen molar-refractivity contribution in [3.8, 4) is 5.75 Å². The monoisotopic (exact) mass is 541 g/mol. The van der Waals surface area contributed by atoms with Crippen LogP contribution in [-0.4, -0.2) is 18.1 Å². The maximum absolute atomic E-state index is 14.1. The number of hydrogen-bond donors (Lipinski definition) is 0. The quantitative estimate of drug-likeness (QED) is 0.183. The van der Waals surface area contributed by atoms with Crippen LogP contribution in [0.5, 0.6) is 5.75 Å². The summed E-state index contributed by atoms with van der Waals surface area (Å²) in [4.78, 5) is 15.6. The van der Waals surface area contributed by atoms with Crippen LogP contribution in [0.1, 0.15) is 52.0 Å². The van der Waals surface area contributed by atoms with E-state index in [4.69, 9.17) is 16.3 Å². The Balaban J connectivity index is 1.76. The maximum atomic E-state index is 14.1.